The van der Waals surface area contributed by atoms with Crippen molar-refractivity contribution in [3.63, 3.8) is 0 Å². The zero-order valence-corrected chi connectivity index (χ0v) is 6.98. The molecule has 0 spiro atoms. The molecule has 0 rings (SSSR count). The Hall–Kier alpha value is -0.350. The van der Waals surface area contributed by atoms with Gasteiger partial charge in [0.25, 0.3) is 10.1 Å². The summed E-state index contributed by atoms with van der Waals surface area (Å²) in [6, 6.07) is 0. The number of allylic oxidation sites excluding steroid dienone is 1. The minimum atomic E-state index is -3.82. The third-order valence-electron chi connectivity index (χ3n) is 1.23. The summed E-state index contributed by atoms with van der Waals surface area (Å²) in [7, 11) is -3.82. The minimum Gasteiger partial charge on any atom is -0.285 e. The van der Waals surface area contributed by atoms with Crippen LogP contribution in [0.4, 0.5) is 0 Å². The Labute approximate surface area is 61.5 Å². The molecule has 0 bridgehead atoms. The molecule has 1 N–H and O–H groups in total. The highest BCUT2D eigenvalue weighted by Gasteiger charge is 2.05. The van der Waals surface area contributed by atoms with Gasteiger partial charge in [0.05, 0.1) is 5.75 Å². The van der Waals surface area contributed by atoms with Gasteiger partial charge in [0.1, 0.15) is 0 Å². The van der Waals surface area contributed by atoms with Crippen molar-refractivity contribution >= 4 is 10.1 Å². The molecule has 0 radical (unpaired) electrons. The van der Waals surface area contributed by atoms with Crippen molar-refractivity contribution in [2.24, 2.45) is 0 Å². The summed E-state index contributed by atoms with van der Waals surface area (Å²) in [5, 5.41) is 0. The highest BCUT2D eigenvalue weighted by atomic mass is 32.2. The first-order valence-corrected chi connectivity index (χ1v) is 4.69. The summed E-state index contributed by atoms with van der Waals surface area (Å²) in [5.41, 5.74) is 0.738. The van der Waals surface area contributed by atoms with Gasteiger partial charge >= 0.3 is 0 Å². The monoisotopic (exact) mass is 164 g/mol. The zero-order chi connectivity index (χ0) is 8.20. The standard InChI is InChI=1S/C6H12O3S/c1-3-6(4-2)5-10(7,8)9/h3H,4-5H2,1-2H3,(H,7,8,9). The predicted octanol–water partition coefficient (Wildman–Crippen LogP) is 1.23. The van der Waals surface area contributed by atoms with Crippen molar-refractivity contribution in [3.05, 3.63) is 11.6 Å². The summed E-state index contributed by atoms with van der Waals surface area (Å²) in [5.74, 6) is -0.236. The Morgan fingerprint density at radius 2 is 2.10 bits per heavy atom. The molecule has 0 aromatic carbocycles. The molecule has 0 aliphatic heterocycles. The maximum Gasteiger partial charge on any atom is 0.268 e. The van der Waals surface area contributed by atoms with Gasteiger partial charge in [-0.05, 0) is 13.3 Å². The molecule has 0 atom stereocenters. The van der Waals surface area contributed by atoms with Crippen LogP contribution >= 0.6 is 0 Å². The van der Waals surface area contributed by atoms with Gasteiger partial charge < -0.3 is 0 Å². The van der Waals surface area contributed by atoms with Gasteiger partial charge in [-0.15, -0.1) is 0 Å². The lowest BCUT2D eigenvalue weighted by Gasteiger charge is -1.98. The second kappa shape index (κ2) is 3.73. The molecule has 3 nitrogen and oxygen atoms in total. The van der Waals surface area contributed by atoms with Crippen LogP contribution in [0.25, 0.3) is 0 Å². The first-order valence-electron chi connectivity index (χ1n) is 3.08. The molecule has 0 saturated carbocycles. The normalized spacial score (nSPS) is 13.7. The topological polar surface area (TPSA) is 54.4 Å². The van der Waals surface area contributed by atoms with E-state index in [2.05, 4.69) is 0 Å². The van der Waals surface area contributed by atoms with E-state index in [4.69, 9.17) is 4.55 Å². The van der Waals surface area contributed by atoms with Crippen molar-refractivity contribution in [3.8, 4) is 0 Å². The van der Waals surface area contributed by atoms with Crippen LogP contribution in [0.2, 0.25) is 0 Å². The Balaban J connectivity index is 4.16. The molecule has 0 saturated heterocycles. The van der Waals surface area contributed by atoms with Crippen LogP contribution < -0.4 is 0 Å². The maximum atomic E-state index is 10.3. The van der Waals surface area contributed by atoms with Gasteiger partial charge in [-0.25, -0.2) is 0 Å². The van der Waals surface area contributed by atoms with Crippen LogP contribution in [0.5, 0.6) is 0 Å². The second-order valence-electron chi connectivity index (χ2n) is 2.03. The fraction of sp³-hybridized carbons (Fsp3) is 0.667. The summed E-state index contributed by atoms with van der Waals surface area (Å²) >= 11 is 0. The Morgan fingerprint density at radius 3 is 2.20 bits per heavy atom. The Kier molecular flexibility index (Phi) is 3.60. The number of rotatable bonds is 3. The van der Waals surface area contributed by atoms with Gasteiger partial charge in [0.2, 0.25) is 0 Å². The van der Waals surface area contributed by atoms with Gasteiger partial charge in [0.15, 0.2) is 0 Å². The molecule has 0 heterocycles. The summed E-state index contributed by atoms with van der Waals surface area (Å²) in [6.45, 7) is 3.60. The molecule has 4 heteroatoms. The maximum absolute atomic E-state index is 10.3. The lowest BCUT2D eigenvalue weighted by molar-refractivity contribution is 0.485. The molecule has 0 aliphatic carbocycles. The first-order chi connectivity index (χ1) is 4.49. The quantitative estimate of drug-likeness (QED) is 0.504. The van der Waals surface area contributed by atoms with E-state index in [-0.39, 0.29) is 5.75 Å². The lowest BCUT2D eigenvalue weighted by atomic mass is 10.2. The van der Waals surface area contributed by atoms with Crippen molar-refractivity contribution in [1.29, 1.82) is 0 Å². The summed E-state index contributed by atoms with van der Waals surface area (Å²) < 4.78 is 28.9. The number of hydrogen-bond donors (Lipinski definition) is 1. The number of hydrogen-bond acceptors (Lipinski definition) is 2. The van der Waals surface area contributed by atoms with E-state index in [0.29, 0.717) is 6.42 Å². The van der Waals surface area contributed by atoms with Crippen LogP contribution in [-0.4, -0.2) is 18.7 Å². The molecule has 0 unspecified atom stereocenters. The SMILES string of the molecule is CC=C(CC)CS(=O)(=O)O. The van der Waals surface area contributed by atoms with E-state index in [1.54, 1.807) is 13.0 Å². The molecule has 0 aromatic rings. The van der Waals surface area contributed by atoms with E-state index in [0.717, 1.165) is 5.57 Å². The van der Waals surface area contributed by atoms with Crippen LogP contribution in [0, 0.1) is 0 Å². The van der Waals surface area contributed by atoms with Gasteiger partial charge in [-0.2, -0.15) is 8.42 Å². The smallest absolute Gasteiger partial charge is 0.268 e. The van der Waals surface area contributed by atoms with Crippen LogP contribution in [0.15, 0.2) is 11.6 Å². The molecule has 10 heavy (non-hydrogen) atoms. The van der Waals surface area contributed by atoms with Gasteiger partial charge in [-0.1, -0.05) is 18.6 Å². The fourth-order valence-corrected chi connectivity index (χ4v) is 1.46. The highest BCUT2D eigenvalue weighted by molar-refractivity contribution is 7.85. The van der Waals surface area contributed by atoms with Gasteiger partial charge in [-0.3, -0.25) is 4.55 Å². The van der Waals surface area contributed by atoms with E-state index in [1.807, 2.05) is 6.92 Å². The van der Waals surface area contributed by atoms with Gasteiger partial charge in [0, 0.05) is 0 Å². The van der Waals surface area contributed by atoms with Crippen molar-refractivity contribution in [1.82, 2.24) is 0 Å². The van der Waals surface area contributed by atoms with E-state index >= 15 is 0 Å². The molecular formula is C6H12O3S. The third kappa shape index (κ3) is 4.52. The zero-order valence-electron chi connectivity index (χ0n) is 6.16. The molecule has 0 aliphatic rings. The molecule has 60 valence electrons. The van der Waals surface area contributed by atoms with Crippen LogP contribution in [-0.2, 0) is 10.1 Å². The second-order valence-corrected chi connectivity index (χ2v) is 3.48. The Bertz CT molecular complexity index is 213. The van der Waals surface area contributed by atoms with Crippen molar-refractivity contribution in [2.45, 2.75) is 20.3 Å². The third-order valence-corrected chi connectivity index (χ3v) is 1.97. The molecule has 0 aromatic heterocycles. The molecule has 0 amide bonds. The largest absolute Gasteiger partial charge is 0.285 e. The fourth-order valence-electron chi connectivity index (χ4n) is 0.624. The minimum absolute atomic E-state index is 0.236. The van der Waals surface area contributed by atoms with Crippen molar-refractivity contribution in [2.75, 3.05) is 5.75 Å². The van der Waals surface area contributed by atoms with Crippen molar-refractivity contribution < 1.29 is 13.0 Å². The predicted molar refractivity (Wildman–Crippen MR) is 40.5 cm³/mol. The highest BCUT2D eigenvalue weighted by Crippen LogP contribution is 2.02. The van der Waals surface area contributed by atoms with Crippen LogP contribution in [0.3, 0.4) is 0 Å². The van der Waals surface area contributed by atoms with Crippen LogP contribution in [0.1, 0.15) is 20.3 Å². The Morgan fingerprint density at radius 1 is 1.60 bits per heavy atom. The lowest BCUT2D eigenvalue weighted by Crippen LogP contribution is -2.05. The first kappa shape index (κ1) is 9.65. The van der Waals surface area contributed by atoms with E-state index < -0.39 is 10.1 Å². The average molecular weight is 164 g/mol. The molecule has 0 fully saturated rings. The molecular weight excluding hydrogens is 152 g/mol. The van der Waals surface area contributed by atoms with E-state index in [9.17, 15) is 8.42 Å². The summed E-state index contributed by atoms with van der Waals surface area (Å²) in [4.78, 5) is 0. The average Bonchev–Trinajstić information content (AvgIpc) is 1.81. The summed E-state index contributed by atoms with van der Waals surface area (Å²) in [6.07, 6.45) is 2.37. The van der Waals surface area contributed by atoms with E-state index in [1.165, 1.54) is 0 Å².